The van der Waals surface area contributed by atoms with Gasteiger partial charge in [0.05, 0.1) is 17.5 Å². The van der Waals surface area contributed by atoms with Crippen molar-refractivity contribution in [3.05, 3.63) is 34.7 Å². The van der Waals surface area contributed by atoms with Crippen molar-refractivity contribution >= 4 is 22.9 Å². The number of hydrogen-bond acceptors (Lipinski definition) is 3. The van der Waals surface area contributed by atoms with Crippen LogP contribution in [-0.2, 0) is 22.7 Å². The van der Waals surface area contributed by atoms with E-state index < -0.39 is 5.97 Å². The Morgan fingerprint density at radius 3 is 2.38 bits per heavy atom. The van der Waals surface area contributed by atoms with Crippen molar-refractivity contribution in [2.75, 3.05) is 6.54 Å². The molecular weight excluding hydrogens is 274 g/mol. The van der Waals surface area contributed by atoms with Gasteiger partial charge in [0.15, 0.2) is 0 Å². The third kappa shape index (κ3) is 3.13. The van der Waals surface area contributed by atoms with Gasteiger partial charge >= 0.3 is 11.7 Å². The molecule has 0 aliphatic carbocycles. The van der Waals surface area contributed by atoms with E-state index >= 15 is 0 Å². The van der Waals surface area contributed by atoms with E-state index in [9.17, 15) is 14.4 Å². The van der Waals surface area contributed by atoms with Crippen LogP contribution in [0.25, 0.3) is 11.0 Å². The summed E-state index contributed by atoms with van der Waals surface area (Å²) in [5.74, 6) is -1.35. The third-order valence-electron chi connectivity index (χ3n) is 3.20. The average Bonchev–Trinajstić information content (AvgIpc) is 2.71. The van der Waals surface area contributed by atoms with Crippen LogP contribution in [0, 0.1) is 0 Å². The van der Waals surface area contributed by atoms with Gasteiger partial charge in [0, 0.05) is 13.1 Å². The Hall–Kier alpha value is -2.57. The number of imidazole rings is 1. The first kappa shape index (κ1) is 14.8. The van der Waals surface area contributed by atoms with E-state index in [1.54, 1.807) is 16.7 Å². The van der Waals surface area contributed by atoms with E-state index in [0.717, 1.165) is 5.52 Å². The van der Waals surface area contributed by atoms with Crippen LogP contribution in [0.5, 0.6) is 0 Å². The fourth-order valence-electron chi connectivity index (χ4n) is 2.24. The molecular formula is C14H17N3O4. The Morgan fingerprint density at radius 2 is 1.81 bits per heavy atom. The summed E-state index contributed by atoms with van der Waals surface area (Å²) < 4.78 is 2.99. The van der Waals surface area contributed by atoms with Crippen molar-refractivity contribution in [2.24, 2.45) is 0 Å². The van der Waals surface area contributed by atoms with Crippen LogP contribution >= 0.6 is 0 Å². The molecule has 0 fully saturated rings. The largest absolute Gasteiger partial charge is 0.481 e. The number of carboxylic acid groups (broad SMARTS) is 1. The van der Waals surface area contributed by atoms with Crippen LogP contribution in [-0.4, -0.2) is 32.7 Å². The van der Waals surface area contributed by atoms with Crippen LogP contribution in [0.1, 0.15) is 13.3 Å². The van der Waals surface area contributed by atoms with Gasteiger partial charge in [0.1, 0.15) is 6.54 Å². The van der Waals surface area contributed by atoms with Gasteiger partial charge < -0.3 is 10.4 Å². The van der Waals surface area contributed by atoms with Crippen LogP contribution in [0.3, 0.4) is 0 Å². The number of nitrogens with one attached hydrogen (secondary N) is 1. The molecule has 0 unspecified atom stereocenters. The maximum Gasteiger partial charge on any atom is 0.329 e. The van der Waals surface area contributed by atoms with E-state index in [2.05, 4.69) is 5.32 Å². The van der Waals surface area contributed by atoms with E-state index in [-0.39, 0.29) is 31.1 Å². The highest BCUT2D eigenvalue weighted by Gasteiger charge is 2.14. The molecule has 7 nitrogen and oxygen atoms in total. The second-order valence-corrected chi connectivity index (χ2v) is 4.60. The summed E-state index contributed by atoms with van der Waals surface area (Å²) in [6.07, 6.45) is -0.142. The van der Waals surface area contributed by atoms with Crippen molar-refractivity contribution in [1.82, 2.24) is 14.5 Å². The number of amides is 1. The number of carbonyl (C=O) groups excluding carboxylic acids is 1. The molecule has 112 valence electrons. The molecule has 0 radical (unpaired) electrons. The van der Waals surface area contributed by atoms with Crippen molar-refractivity contribution in [3.63, 3.8) is 0 Å². The Labute approximate surface area is 120 Å². The topological polar surface area (TPSA) is 93.3 Å². The first-order valence-corrected chi connectivity index (χ1v) is 6.71. The molecule has 2 aromatic rings. The Morgan fingerprint density at radius 1 is 1.19 bits per heavy atom. The minimum Gasteiger partial charge on any atom is -0.481 e. The van der Waals surface area contributed by atoms with Gasteiger partial charge in [0.2, 0.25) is 5.91 Å². The molecule has 0 spiro atoms. The van der Waals surface area contributed by atoms with Crippen LogP contribution < -0.4 is 11.0 Å². The fourth-order valence-corrected chi connectivity index (χ4v) is 2.24. The number of carboxylic acids is 1. The fraction of sp³-hybridized carbons (Fsp3) is 0.357. The van der Waals surface area contributed by atoms with E-state index in [0.29, 0.717) is 12.1 Å². The summed E-state index contributed by atoms with van der Waals surface area (Å²) >= 11 is 0. The SMILES string of the molecule is CCn1c(=O)n(CC(=O)NCCC(=O)O)c2ccccc21. The Kier molecular flexibility index (Phi) is 4.42. The monoisotopic (exact) mass is 291 g/mol. The van der Waals surface area contributed by atoms with Gasteiger partial charge in [-0.25, -0.2) is 4.79 Å². The number of aromatic nitrogens is 2. The molecule has 7 heteroatoms. The lowest BCUT2D eigenvalue weighted by Gasteiger charge is -2.04. The maximum atomic E-state index is 12.3. The summed E-state index contributed by atoms with van der Waals surface area (Å²) in [6, 6.07) is 7.26. The molecule has 1 amide bonds. The zero-order valence-electron chi connectivity index (χ0n) is 11.7. The standard InChI is InChI=1S/C14H17N3O4/c1-2-16-10-5-3-4-6-11(10)17(14(16)21)9-12(18)15-8-7-13(19)20/h3-6H,2,7-9H2,1H3,(H,15,18)(H,19,20). The van der Waals surface area contributed by atoms with Gasteiger partial charge in [-0.1, -0.05) is 12.1 Å². The molecule has 0 aliphatic rings. The molecule has 1 heterocycles. The average molecular weight is 291 g/mol. The zero-order chi connectivity index (χ0) is 15.4. The summed E-state index contributed by atoms with van der Waals surface area (Å²) in [4.78, 5) is 34.5. The highest BCUT2D eigenvalue weighted by Crippen LogP contribution is 2.12. The highest BCUT2D eigenvalue weighted by molar-refractivity contribution is 5.81. The molecule has 0 aliphatic heterocycles. The molecule has 1 aromatic carbocycles. The number of rotatable bonds is 6. The van der Waals surface area contributed by atoms with Crippen molar-refractivity contribution < 1.29 is 14.7 Å². The van der Waals surface area contributed by atoms with Crippen molar-refractivity contribution in [3.8, 4) is 0 Å². The van der Waals surface area contributed by atoms with Crippen LogP contribution in [0.2, 0.25) is 0 Å². The number of hydrogen-bond donors (Lipinski definition) is 2. The number of nitrogens with zero attached hydrogens (tertiary/aromatic N) is 2. The normalized spacial score (nSPS) is 10.7. The van der Waals surface area contributed by atoms with E-state index in [1.165, 1.54) is 4.57 Å². The molecule has 1 aromatic heterocycles. The van der Waals surface area contributed by atoms with Gasteiger partial charge in [-0.15, -0.1) is 0 Å². The summed E-state index contributed by atoms with van der Waals surface area (Å²) in [5.41, 5.74) is 1.23. The lowest BCUT2D eigenvalue weighted by atomic mass is 10.3. The van der Waals surface area contributed by atoms with Gasteiger partial charge in [-0.05, 0) is 19.1 Å². The predicted octanol–water partition coefficient (Wildman–Crippen LogP) is 0.414. The van der Waals surface area contributed by atoms with Gasteiger partial charge in [-0.3, -0.25) is 18.7 Å². The van der Waals surface area contributed by atoms with Gasteiger partial charge in [0.25, 0.3) is 0 Å². The van der Waals surface area contributed by atoms with E-state index in [1.807, 2.05) is 19.1 Å². The maximum absolute atomic E-state index is 12.3. The third-order valence-corrected chi connectivity index (χ3v) is 3.20. The summed E-state index contributed by atoms with van der Waals surface area (Å²) in [7, 11) is 0. The summed E-state index contributed by atoms with van der Waals surface area (Å²) in [5, 5.41) is 11.0. The van der Waals surface area contributed by atoms with Crippen LogP contribution in [0.4, 0.5) is 0 Å². The second-order valence-electron chi connectivity index (χ2n) is 4.60. The molecule has 0 bridgehead atoms. The molecule has 0 saturated carbocycles. The first-order valence-electron chi connectivity index (χ1n) is 6.71. The molecule has 0 saturated heterocycles. The zero-order valence-corrected chi connectivity index (χ0v) is 11.7. The number of aliphatic carboxylic acids is 1. The summed E-state index contributed by atoms with van der Waals surface area (Å²) in [6.45, 7) is 2.32. The van der Waals surface area contributed by atoms with E-state index in [4.69, 9.17) is 5.11 Å². The minimum atomic E-state index is -0.977. The highest BCUT2D eigenvalue weighted by atomic mass is 16.4. The molecule has 2 N–H and O–H groups in total. The first-order chi connectivity index (χ1) is 10.0. The Balaban J connectivity index is 2.22. The Bertz CT molecular complexity index is 729. The van der Waals surface area contributed by atoms with Crippen molar-refractivity contribution in [2.45, 2.75) is 26.4 Å². The number of fused-ring (bicyclic) bond motifs is 1. The molecule has 2 rings (SSSR count). The molecule has 0 atom stereocenters. The lowest BCUT2D eigenvalue weighted by molar-refractivity contribution is -0.136. The smallest absolute Gasteiger partial charge is 0.329 e. The van der Waals surface area contributed by atoms with Crippen molar-refractivity contribution in [1.29, 1.82) is 0 Å². The second kappa shape index (κ2) is 6.25. The number of benzene rings is 1. The number of carbonyl (C=O) groups is 2. The number of para-hydroxylation sites is 2. The van der Waals surface area contributed by atoms with Crippen LogP contribution in [0.15, 0.2) is 29.1 Å². The lowest BCUT2D eigenvalue weighted by Crippen LogP contribution is -2.34. The van der Waals surface area contributed by atoms with Gasteiger partial charge in [-0.2, -0.15) is 0 Å². The number of aryl methyl sites for hydroxylation is 1. The quantitative estimate of drug-likeness (QED) is 0.806. The molecule has 21 heavy (non-hydrogen) atoms. The minimum absolute atomic E-state index is 0.0509. The predicted molar refractivity (Wildman–Crippen MR) is 77.1 cm³/mol.